The summed E-state index contributed by atoms with van der Waals surface area (Å²) in [5.41, 5.74) is 0. The highest BCUT2D eigenvalue weighted by molar-refractivity contribution is 7.09. The van der Waals surface area contributed by atoms with E-state index in [1.165, 1.54) is 5.06 Å². The van der Waals surface area contributed by atoms with E-state index in [9.17, 15) is 4.79 Å². The van der Waals surface area contributed by atoms with E-state index in [-0.39, 0.29) is 18.1 Å². The Kier molecular flexibility index (Phi) is 4.61. The number of aromatic nitrogens is 1. The molecule has 1 aromatic heterocycles. The minimum atomic E-state index is -0.317. The number of nitrogens with zero attached hydrogens (tertiary/aromatic N) is 3. The summed E-state index contributed by atoms with van der Waals surface area (Å²) in [5.74, 6) is 0.520. The second kappa shape index (κ2) is 6.84. The van der Waals surface area contributed by atoms with Gasteiger partial charge in [0.1, 0.15) is 11.1 Å². The van der Waals surface area contributed by atoms with Crippen LogP contribution >= 0.6 is 11.3 Å². The van der Waals surface area contributed by atoms with Crippen molar-refractivity contribution in [2.24, 2.45) is 5.92 Å². The van der Waals surface area contributed by atoms with Gasteiger partial charge in [-0.25, -0.2) is 10.0 Å². The second-order valence-electron chi connectivity index (χ2n) is 6.59. The van der Waals surface area contributed by atoms with Gasteiger partial charge in [0, 0.05) is 24.7 Å². The summed E-state index contributed by atoms with van der Waals surface area (Å²) in [6, 6.07) is 0. The first-order valence-electron chi connectivity index (χ1n) is 8.50. The molecule has 126 valence electrons. The third-order valence-electron chi connectivity index (χ3n) is 5.00. The summed E-state index contributed by atoms with van der Waals surface area (Å²) in [6.07, 6.45) is 5.70. The fourth-order valence-corrected chi connectivity index (χ4v) is 4.41. The Morgan fingerprint density at radius 1 is 1.39 bits per heavy atom. The molecular weight excluding hydrogens is 314 g/mol. The Morgan fingerprint density at radius 2 is 2.35 bits per heavy atom. The van der Waals surface area contributed by atoms with E-state index >= 15 is 0 Å². The number of likely N-dealkylation sites (tertiary alicyclic amines) is 1. The highest BCUT2D eigenvalue weighted by atomic mass is 32.1. The number of ether oxygens (including phenoxy) is 1. The topological polar surface area (TPSA) is 54.9 Å². The van der Waals surface area contributed by atoms with Crippen molar-refractivity contribution in [1.29, 1.82) is 0 Å². The molecule has 0 aliphatic carbocycles. The molecule has 3 saturated heterocycles. The first kappa shape index (κ1) is 15.5. The molecule has 0 spiro atoms. The van der Waals surface area contributed by atoms with Crippen LogP contribution in [0.4, 0.5) is 0 Å². The van der Waals surface area contributed by atoms with E-state index in [4.69, 9.17) is 9.57 Å². The quantitative estimate of drug-likeness (QED) is 0.840. The molecule has 23 heavy (non-hydrogen) atoms. The molecule has 0 aromatic carbocycles. The molecule has 4 rings (SSSR count). The summed E-state index contributed by atoms with van der Waals surface area (Å²) in [7, 11) is 0. The van der Waals surface area contributed by atoms with Crippen LogP contribution in [0, 0.1) is 5.92 Å². The SMILES string of the molecule is O=C([C@@H]1C[C@H]2CCN(Cc3nccs3)C[C@@H]2O1)N1CCCCO1. The van der Waals surface area contributed by atoms with Gasteiger partial charge in [-0.2, -0.15) is 0 Å². The molecule has 1 aromatic rings. The lowest BCUT2D eigenvalue weighted by atomic mass is 9.91. The maximum absolute atomic E-state index is 12.5. The maximum atomic E-state index is 12.5. The first-order valence-corrected chi connectivity index (χ1v) is 9.38. The van der Waals surface area contributed by atoms with Crippen LogP contribution in [0.25, 0.3) is 0 Å². The Morgan fingerprint density at radius 3 is 3.13 bits per heavy atom. The molecule has 1 amide bonds. The second-order valence-corrected chi connectivity index (χ2v) is 7.57. The highest BCUT2D eigenvalue weighted by Crippen LogP contribution is 2.34. The molecular formula is C16H23N3O3S. The van der Waals surface area contributed by atoms with Crippen LogP contribution in [0.5, 0.6) is 0 Å². The molecule has 6 nitrogen and oxygen atoms in total. The monoisotopic (exact) mass is 337 g/mol. The lowest BCUT2D eigenvalue weighted by molar-refractivity contribution is -0.206. The van der Waals surface area contributed by atoms with E-state index in [0.29, 0.717) is 19.1 Å². The number of amides is 1. The third-order valence-corrected chi connectivity index (χ3v) is 5.77. The van der Waals surface area contributed by atoms with Gasteiger partial charge < -0.3 is 4.74 Å². The van der Waals surface area contributed by atoms with Gasteiger partial charge in [0.05, 0.1) is 19.3 Å². The van der Waals surface area contributed by atoms with Gasteiger partial charge in [-0.3, -0.25) is 14.5 Å². The van der Waals surface area contributed by atoms with E-state index in [1.807, 2.05) is 11.6 Å². The van der Waals surface area contributed by atoms with Crippen molar-refractivity contribution < 1.29 is 14.4 Å². The van der Waals surface area contributed by atoms with Crippen LogP contribution in [0.3, 0.4) is 0 Å². The lowest BCUT2D eigenvalue weighted by Gasteiger charge is -2.33. The van der Waals surface area contributed by atoms with Gasteiger partial charge in [-0.15, -0.1) is 11.3 Å². The number of thiazole rings is 1. The Bertz CT molecular complexity index is 533. The minimum Gasteiger partial charge on any atom is -0.363 e. The van der Waals surface area contributed by atoms with Crippen LogP contribution < -0.4 is 0 Å². The van der Waals surface area contributed by atoms with Crippen LogP contribution in [0.2, 0.25) is 0 Å². The number of piperidine rings is 1. The number of fused-ring (bicyclic) bond motifs is 1. The summed E-state index contributed by atoms with van der Waals surface area (Å²) >= 11 is 1.70. The molecule has 0 unspecified atom stereocenters. The summed E-state index contributed by atoms with van der Waals surface area (Å²) in [5, 5.41) is 4.69. The number of carbonyl (C=O) groups is 1. The highest BCUT2D eigenvalue weighted by Gasteiger charge is 2.43. The smallest absolute Gasteiger partial charge is 0.275 e. The van der Waals surface area contributed by atoms with Crippen molar-refractivity contribution in [1.82, 2.24) is 14.9 Å². The molecule has 3 aliphatic heterocycles. The van der Waals surface area contributed by atoms with Gasteiger partial charge in [-0.05, 0) is 38.1 Å². The molecule has 4 heterocycles. The molecule has 0 N–H and O–H groups in total. The van der Waals surface area contributed by atoms with E-state index < -0.39 is 0 Å². The van der Waals surface area contributed by atoms with Crippen LogP contribution in [-0.2, 0) is 20.9 Å². The van der Waals surface area contributed by atoms with Crippen molar-refractivity contribution in [3.8, 4) is 0 Å². The number of carbonyl (C=O) groups excluding carboxylic acids is 1. The van der Waals surface area contributed by atoms with Gasteiger partial charge in [0.15, 0.2) is 0 Å². The van der Waals surface area contributed by atoms with Crippen LogP contribution in [0.1, 0.15) is 30.7 Å². The Hall–Kier alpha value is -1.02. The number of hydrogen-bond donors (Lipinski definition) is 0. The van der Waals surface area contributed by atoms with E-state index in [1.54, 1.807) is 11.3 Å². The Balaban J connectivity index is 1.33. The zero-order valence-electron chi connectivity index (χ0n) is 13.2. The maximum Gasteiger partial charge on any atom is 0.275 e. The fourth-order valence-electron chi connectivity index (χ4n) is 3.75. The molecule has 7 heteroatoms. The number of hydroxylamine groups is 2. The summed E-state index contributed by atoms with van der Waals surface area (Å²) in [4.78, 5) is 24.8. The normalized spacial score (nSPS) is 32.0. The standard InChI is InChI=1S/C16H23N3O3S/c20-16(19-5-1-2-7-21-19)13-9-12-3-6-18(10-14(12)22-13)11-15-17-4-8-23-15/h4,8,12-14H,1-3,5-7,9-11H2/t12-,13+,14+/m1/s1. The fraction of sp³-hybridized carbons (Fsp3) is 0.750. The Labute approximate surface area is 140 Å². The van der Waals surface area contributed by atoms with Crippen LogP contribution in [-0.4, -0.2) is 59.3 Å². The number of rotatable bonds is 3. The molecule has 0 bridgehead atoms. The molecule has 0 saturated carbocycles. The van der Waals surface area contributed by atoms with Crippen molar-refractivity contribution >= 4 is 17.2 Å². The predicted molar refractivity (Wildman–Crippen MR) is 85.7 cm³/mol. The third kappa shape index (κ3) is 3.42. The molecule has 0 radical (unpaired) electrons. The van der Waals surface area contributed by atoms with Gasteiger partial charge in [0.2, 0.25) is 0 Å². The number of hydrogen-bond acceptors (Lipinski definition) is 6. The van der Waals surface area contributed by atoms with Crippen molar-refractivity contribution in [2.45, 2.75) is 44.4 Å². The zero-order valence-corrected chi connectivity index (χ0v) is 14.0. The van der Waals surface area contributed by atoms with Gasteiger partial charge in [-0.1, -0.05) is 0 Å². The van der Waals surface area contributed by atoms with E-state index in [2.05, 4.69) is 9.88 Å². The molecule has 3 fully saturated rings. The molecule has 3 atom stereocenters. The zero-order chi connectivity index (χ0) is 15.6. The summed E-state index contributed by atoms with van der Waals surface area (Å²) < 4.78 is 6.10. The minimum absolute atomic E-state index is 0.0190. The van der Waals surface area contributed by atoms with Crippen molar-refractivity contribution in [2.75, 3.05) is 26.2 Å². The van der Waals surface area contributed by atoms with Crippen molar-refractivity contribution in [3.05, 3.63) is 16.6 Å². The lowest BCUT2D eigenvalue weighted by Crippen LogP contribution is -2.43. The van der Waals surface area contributed by atoms with Crippen LogP contribution in [0.15, 0.2) is 11.6 Å². The average molecular weight is 337 g/mol. The largest absolute Gasteiger partial charge is 0.363 e. The first-order chi connectivity index (χ1) is 11.3. The van der Waals surface area contributed by atoms with Gasteiger partial charge in [0.25, 0.3) is 5.91 Å². The van der Waals surface area contributed by atoms with Crippen molar-refractivity contribution in [3.63, 3.8) is 0 Å². The van der Waals surface area contributed by atoms with E-state index in [0.717, 1.165) is 50.3 Å². The molecule has 3 aliphatic rings. The summed E-state index contributed by atoms with van der Waals surface area (Å²) in [6.45, 7) is 4.19. The predicted octanol–water partition coefficient (Wildman–Crippen LogP) is 1.68. The average Bonchev–Trinajstić information content (AvgIpc) is 3.24. The van der Waals surface area contributed by atoms with Gasteiger partial charge >= 0.3 is 0 Å².